The van der Waals surface area contributed by atoms with Crippen molar-refractivity contribution in [3.05, 3.63) is 94.1 Å². The van der Waals surface area contributed by atoms with Gasteiger partial charge in [-0.05, 0) is 111 Å². The van der Waals surface area contributed by atoms with Crippen LogP contribution >= 0.6 is 0 Å². The van der Waals surface area contributed by atoms with E-state index >= 15 is 4.39 Å². The van der Waals surface area contributed by atoms with Gasteiger partial charge in [0.15, 0.2) is 34.8 Å². The van der Waals surface area contributed by atoms with Crippen molar-refractivity contribution < 1.29 is 31.1 Å². The van der Waals surface area contributed by atoms with Crippen LogP contribution in [0.15, 0.2) is 42.5 Å². The summed E-state index contributed by atoms with van der Waals surface area (Å²) in [5, 5.41) is 0. The highest BCUT2D eigenvalue weighted by Gasteiger charge is 2.30. The molecule has 0 saturated heterocycles. The number of hydrogen-bond donors (Lipinski definition) is 0. The van der Waals surface area contributed by atoms with Crippen molar-refractivity contribution in [2.75, 3.05) is 6.61 Å². The van der Waals surface area contributed by atoms with Crippen LogP contribution in [-0.4, -0.2) is 6.61 Å². The molecule has 0 amide bonds. The Morgan fingerprint density at radius 3 is 1.91 bits per heavy atom. The zero-order valence-electron chi connectivity index (χ0n) is 26.1. The normalized spacial score (nSPS) is 20.3. The molecule has 0 spiro atoms. The minimum atomic E-state index is -1.26. The van der Waals surface area contributed by atoms with Crippen LogP contribution in [0.25, 0.3) is 16.7 Å². The van der Waals surface area contributed by atoms with E-state index in [1.54, 1.807) is 19.1 Å². The van der Waals surface area contributed by atoms with Gasteiger partial charge >= 0.3 is 0 Å². The smallest absolute Gasteiger partial charge is 0.201 e. The molecule has 0 heterocycles. The summed E-state index contributed by atoms with van der Waals surface area (Å²) in [6, 6.07) is 8.64. The lowest BCUT2D eigenvalue weighted by Crippen LogP contribution is -2.26. The maximum Gasteiger partial charge on any atom is 0.201 e. The molecular weight excluding hydrogens is 586 g/mol. The van der Waals surface area contributed by atoms with Crippen LogP contribution in [0.1, 0.15) is 94.7 Å². The van der Waals surface area contributed by atoms with Crippen molar-refractivity contribution in [2.24, 2.45) is 17.8 Å². The van der Waals surface area contributed by atoms with Gasteiger partial charge in [-0.3, -0.25) is 0 Å². The maximum absolute atomic E-state index is 15.1. The molecule has 0 radical (unpaired) electrons. The van der Waals surface area contributed by atoms with Crippen LogP contribution in [0, 0.1) is 52.7 Å². The molecule has 242 valence electrons. The SMILES string of the molecule is CCCCCc1ccc(-c2ccc(OCC3CCC(C4CC=C(c5ccc(CC)c(F)c5F)CC4)CC3)c(F)c2F)c(F)c1F. The summed E-state index contributed by atoms with van der Waals surface area (Å²) in [6.45, 7) is 4.07. The summed E-state index contributed by atoms with van der Waals surface area (Å²) >= 11 is 0. The first kappa shape index (κ1) is 33.2. The van der Waals surface area contributed by atoms with Crippen LogP contribution < -0.4 is 4.74 Å². The molecule has 45 heavy (non-hydrogen) atoms. The molecule has 5 rings (SSSR count). The van der Waals surface area contributed by atoms with E-state index in [2.05, 4.69) is 6.08 Å². The van der Waals surface area contributed by atoms with Gasteiger partial charge in [-0.2, -0.15) is 4.39 Å². The Kier molecular flexibility index (Phi) is 11.0. The zero-order valence-corrected chi connectivity index (χ0v) is 26.1. The fourth-order valence-electron chi connectivity index (χ4n) is 7.08. The third kappa shape index (κ3) is 7.28. The summed E-state index contributed by atoms with van der Waals surface area (Å²) in [4.78, 5) is 0. The third-order valence-electron chi connectivity index (χ3n) is 9.92. The highest BCUT2D eigenvalue weighted by Crippen LogP contribution is 2.42. The average molecular weight is 629 g/mol. The van der Waals surface area contributed by atoms with E-state index in [-0.39, 0.29) is 35.0 Å². The molecule has 1 unspecified atom stereocenters. The molecule has 3 aromatic carbocycles. The van der Waals surface area contributed by atoms with Crippen LogP contribution in [0.4, 0.5) is 26.3 Å². The van der Waals surface area contributed by atoms with Gasteiger partial charge in [-0.15, -0.1) is 0 Å². The van der Waals surface area contributed by atoms with E-state index in [1.807, 2.05) is 6.92 Å². The predicted molar refractivity (Wildman–Crippen MR) is 167 cm³/mol. The number of halogens is 6. The first-order valence-corrected chi connectivity index (χ1v) is 16.5. The summed E-state index contributed by atoms with van der Waals surface area (Å²) < 4.78 is 94.2. The second kappa shape index (κ2) is 14.9. The Hall–Kier alpha value is -3.22. The summed E-state index contributed by atoms with van der Waals surface area (Å²) in [5.74, 6) is -5.21. The second-order valence-corrected chi connectivity index (χ2v) is 12.7. The van der Waals surface area contributed by atoms with Crippen molar-refractivity contribution in [3.63, 3.8) is 0 Å². The highest BCUT2D eigenvalue weighted by atomic mass is 19.2. The summed E-state index contributed by atoms with van der Waals surface area (Å²) in [7, 11) is 0. The number of allylic oxidation sites excluding steroid dienone is 2. The van der Waals surface area contributed by atoms with E-state index in [9.17, 15) is 22.0 Å². The van der Waals surface area contributed by atoms with Crippen molar-refractivity contribution >= 4 is 5.57 Å². The highest BCUT2D eigenvalue weighted by molar-refractivity contribution is 5.68. The largest absolute Gasteiger partial charge is 0.490 e. The maximum atomic E-state index is 15.1. The molecule has 1 atom stereocenters. The van der Waals surface area contributed by atoms with E-state index in [0.29, 0.717) is 35.8 Å². The van der Waals surface area contributed by atoms with Crippen molar-refractivity contribution in [2.45, 2.75) is 90.9 Å². The Morgan fingerprint density at radius 2 is 1.24 bits per heavy atom. The number of ether oxygens (including phenoxy) is 1. The number of unbranched alkanes of at least 4 members (excludes halogenated alkanes) is 2. The molecule has 2 aliphatic carbocycles. The van der Waals surface area contributed by atoms with Gasteiger partial charge in [-0.25, -0.2) is 22.0 Å². The van der Waals surface area contributed by atoms with Crippen molar-refractivity contribution in [1.29, 1.82) is 0 Å². The molecule has 0 N–H and O–H groups in total. The lowest BCUT2D eigenvalue weighted by Gasteiger charge is -2.35. The van der Waals surface area contributed by atoms with Crippen LogP contribution in [0.3, 0.4) is 0 Å². The fraction of sp³-hybridized carbons (Fsp3) is 0.474. The molecule has 1 nitrogen and oxygen atoms in total. The molecule has 0 aromatic heterocycles. The molecular formula is C38H42F6O. The fourth-order valence-corrected chi connectivity index (χ4v) is 7.08. The molecule has 2 aliphatic rings. The molecule has 0 aliphatic heterocycles. The van der Waals surface area contributed by atoms with Crippen LogP contribution in [0.2, 0.25) is 0 Å². The lowest BCUT2D eigenvalue weighted by atomic mass is 9.71. The van der Waals surface area contributed by atoms with Crippen molar-refractivity contribution in [1.82, 2.24) is 0 Å². The van der Waals surface area contributed by atoms with E-state index in [4.69, 9.17) is 4.74 Å². The van der Waals surface area contributed by atoms with Gasteiger partial charge in [0.1, 0.15) is 0 Å². The Morgan fingerprint density at radius 1 is 0.622 bits per heavy atom. The zero-order chi connectivity index (χ0) is 32.1. The molecule has 3 aromatic rings. The van der Waals surface area contributed by atoms with Gasteiger partial charge in [0.25, 0.3) is 0 Å². The summed E-state index contributed by atoms with van der Waals surface area (Å²) in [6.07, 6.45) is 11.7. The Labute approximate surface area is 262 Å². The van der Waals surface area contributed by atoms with Gasteiger partial charge in [0.05, 0.1) is 6.61 Å². The number of rotatable bonds is 11. The first-order valence-electron chi connectivity index (χ1n) is 16.5. The Bertz CT molecular complexity index is 1520. The lowest BCUT2D eigenvalue weighted by molar-refractivity contribution is 0.146. The first-order chi connectivity index (χ1) is 21.7. The van der Waals surface area contributed by atoms with Gasteiger partial charge < -0.3 is 4.74 Å². The topological polar surface area (TPSA) is 9.23 Å². The molecule has 7 heteroatoms. The Balaban J connectivity index is 1.14. The average Bonchev–Trinajstić information content (AvgIpc) is 3.06. The van der Waals surface area contributed by atoms with Crippen LogP contribution in [0.5, 0.6) is 5.75 Å². The van der Waals surface area contributed by atoms with Crippen molar-refractivity contribution in [3.8, 4) is 16.9 Å². The minimum Gasteiger partial charge on any atom is -0.490 e. The number of benzene rings is 3. The van der Waals surface area contributed by atoms with E-state index in [1.165, 1.54) is 24.3 Å². The number of hydrogen-bond acceptors (Lipinski definition) is 1. The van der Waals surface area contributed by atoms with Gasteiger partial charge in [0.2, 0.25) is 5.82 Å². The standard InChI is InChI=1S/C38H42F6O/c1-3-5-6-7-28-17-19-30(36(42)34(28)40)31-20-21-32(38(44)37(31)43)45-22-23-8-10-25(11-9-23)26-12-14-27(15-13-26)29-18-16-24(4-2)33(39)35(29)41/h14,16-21,23,25-26H,3-13,15,22H2,1-2H3. The minimum absolute atomic E-state index is 0.194. The van der Waals surface area contributed by atoms with E-state index < -0.39 is 34.9 Å². The van der Waals surface area contributed by atoms with Gasteiger partial charge in [0, 0.05) is 16.7 Å². The quantitative estimate of drug-likeness (QED) is 0.152. The third-order valence-corrected chi connectivity index (χ3v) is 9.92. The molecule has 1 saturated carbocycles. The van der Waals surface area contributed by atoms with E-state index in [0.717, 1.165) is 69.8 Å². The monoisotopic (exact) mass is 628 g/mol. The second-order valence-electron chi connectivity index (χ2n) is 12.7. The summed E-state index contributed by atoms with van der Waals surface area (Å²) in [5.41, 5.74) is 1.21. The van der Waals surface area contributed by atoms with Crippen LogP contribution in [-0.2, 0) is 12.8 Å². The molecule has 1 fully saturated rings. The molecule has 0 bridgehead atoms. The van der Waals surface area contributed by atoms with Gasteiger partial charge in [-0.1, -0.05) is 57.0 Å². The number of aryl methyl sites for hydroxylation is 2. The predicted octanol–water partition coefficient (Wildman–Crippen LogP) is 11.6.